The average Bonchev–Trinajstić information content (AvgIpc) is 2.46. The highest BCUT2D eigenvalue weighted by molar-refractivity contribution is 5.85. The fourth-order valence-electron chi connectivity index (χ4n) is 2.81. The van der Waals surface area contributed by atoms with Crippen molar-refractivity contribution in [3.05, 3.63) is 35.4 Å². The van der Waals surface area contributed by atoms with Gasteiger partial charge in [-0.3, -0.25) is 4.79 Å². The minimum absolute atomic E-state index is 0. The van der Waals surface area contributed by atoms with Crippen molar-refractivity contribution >= 4 is 18.4 Å². The maximum absolute atomic E-state index is 11.1. The van der Waals surface area contributed by atoms with E-state index in [0.717, 1.165) is 19.4 Å². The van der Waals surface area contributed by atoms with Crippen LogP contribution in [-0.2, 0) is 22.4 Å². The number of rotatable bonds is 5. The van der Waals surface area contributed by atoms with E-state index in [4.69, 9.17) is 0 Å². The smallest absolute Gasteiger partial charge is 0.305 e. The van der Waals surface area contributed by atoms with Crippen LogP contribution >= 0.6 is 12.4 Å². The van der Waals surface area contributed by atoms with Gasteiger partial charge >= 0.3 is 5.97 Å². The lowest BCUT2D eigenvalue weighted by Gasteiger charge is -2.32. The van der Waals surface area contributed by atoms with Crippen molar-refractivity contribution in [1.82, 2.24) is 4.90 Å². The Bertz CT molecular complexity index is 436. The minimum atomic E-state index is -0.109. The highest BCUT2D eigenvalue weighted by atomic mass is 35.5. The zero-order valence-corrected chi connectivity index (χ0v) is 13.1. The lowest BCUT2D eigenvalue weighted by atomic mass is 9.87. The van der Waals surface area contributed by atoms with Crippen LogP contribution in [0.25, 0.3) is 0 Å². The molecule has 0 N–H and O–H groups in total. The molecule has 0 spiro atoms. The molecule has 2 rings (SSSR count). The van der Waals surface area contributed by atoms with Crippen LogP contribution in [0.2, 0.25) is 0 Å². The van der Waals surface area contributed by atoms with Crippen molar-refractivity contribution in [1.29, 1.82) is 0 Å². The molecule has 0 saturated carbocycles. The third-order valence-electron chi connectivity index (χ3n) is 4.06. The fourth-order valence-corrected chi connectivity index (χ4v) is 2.81. The first-order chi connectivity index (χ1) is 9.20. The largest absolute Gasteiger partial charge is 0.469 e. The molecule has 1 unspecified atom stereocenters. The summed E-state index contributed by atoms with van der Waals surface area (Å²) in [6, 6.07) is 9.33. The zero-order chi connectivity index (χ0) is 13.7. The Morgan fingerprint density at radius 3 is 2.75 bits per heavy atom. The van der Waals surface area contributed by atoms with Crippen molar-refractivity contribution < 1.29 is 9.53 Å². The number of methoxy groups -OCH3 is 1. The number of hydrogen-bond acceptors (Lipinski definition) is 3. The van der Waals surface area contributed by atoms with Crippen LogP contribution < -0.4 is 0 Å². The molecule has 0 amide bonds. The molecule has 0 bridgehead atoms. The molecule has 0 saturated heterocycles. The number of halogens is 1. The number of carbonyl (C=O) groups is 1. The second kappa shape index (κ2) is 8.28. The molecule has 0 aliphatic heterocycles. The summed E-state index contributed by atoms with van der Waals surface area (Å²) in [5, 5.41) is 0. The summed E-state index contributed by atoms with van der Waals surface area (Å²) < 4.78 is 4.67. The monoisotopic (exact) mass is 297 g/mol. The summed E-state index contributed by atoms with van der Waals surface area (Å²) >= 11 is 0. The third kappa shape index (κ3) is 4.50. The maximum Gasteiger partial charge on any atom is 0.305 e. The number of carbonyl (C=O) groups excluding carboxylic acids is 1. The first-order valence-electron chi connectivity index (χ1n) is 7.04. The van der Waals surface area contributed by atoms with E-state index >= 15 is 0 Å². The lowest BCUT2D eigenvalue weighted by molar-refractivity contribution is -0.140. The second-order valence-electron chi connectivity index (χ2n) is 5.33. The number of nitrogens with zero attached hydrogens (tertiary/aromatic N) is 1. The lowest BCUT2D eigenvalue weighted by Crippen LogP contribution is -2.37. The normalized spacial score (nSPS) is 17.2. The van der Waals surface area contributed by atoms with Gasteiger partial charge in [-0.1, -0.05) is 24.3 Å². The van der Waals surface area contributed by atoms with Crippen LogP contribution in [0.1, 0.15) is 30.4 Å². The van der Waals surface area contributed by atoms with Crippen LogP contribution in [0, 0.1) is 0 Å². The Morgan fingerprint density at radius 2 is 2.05 bits per heavy atom. The fraction of sp³-hybridized carbons (Fsp3) is 0.562. The molecule has 20 heavy (non-hydrogen) atoms. The van der Waals surface area contributed by atoms with Gasteiger partial charge in [0.15, 0.2) is 0 Å². The van der Waals surface area contributed by atoms with Crippen molar-refractivity contribution in [2.75, 3.05) is 20.7 Å². The third-order valence-corrected chi connectivity index (χ3v) is 4.06. The number of esters is 1. The summed E-state index contributed by atoms with van der Waals surface area (Å²) in [4.78, 5) is 13.5. The van der Waals surface area contributed by atoms with Gasteiger partial charge in [0, 0.05) is 12.5 Å². The van der Waals surface area contributed by atoms with E-state index in [1.807, 2.05) is 0 Å². The molecule has 3 nitrogen and oxygen atoms in total. The van der Waals surface area contributed by atoms with Gasteiger partial charge in [-0.25, -0.2) is 0 Å². The number of benzene rings is 1. The zero-order valence-electron chi connectivity index (χ0n) is 12.3. The molecule has 0 fully saturated rings. The van der Waals surface area contributed by atoms with E-state index in [1.165, 1.54) is 31.1 Å². The predicted molar refractivity (Wildman–Crippen MR) is 83.4 cm³/mol. The number of aryl methyl sites for hydroxylation is 1. The first-order valence-corrected chi connectivity index (χ1v) is 7.04. The topological polar surface area (TPSA) is 29.5 Å². The van der Waals surface area contributed by atoms with Crippen LogP contribution in [0.3, 0.4) is 0 Å². The van der Waals surface area contributed by atoms with Crippen molar-refractivity contribution in [3.8, 4) is 0 Å². The van der Waals surface area contributed by atoms with Crippen molar-refractivity contribution in [2.24, 2.45) is 0 Å². The maximum atomic E-state index is 11.1. The van der Waals surface area contributed by atoms with Crippen LogP contribution in [0.4, 0.5) is 0 Å². The molecule has 1 aromatic rings. The molecule has 1 aliphatic carbocycles. The van der Waals surface area contributed by atoms with Gasteiger partial charge in [-0.2, -0.15) is 0 Å². The second-order valence-corrected chi connectivity index (χ2v) is 5.33. The van der Waals surface area contributed by atoms with Crippen LogP contribution in [0.5, 0.6) is 0 Å². The van der Waals surface area contributed by atoms with E-state index in [1.54, 1.807) is 0 Å². The van der Waals surface area contributed by atoms with Gasteiger partial charge < -0.3 is 9.64 Å². The van der Waals surface area contributed by atoms with E-state index < -0.39 is 0 Å². The highest BCUT2D eigenvalue weighted by Crippen LogP contribution is 2.23. The van der Waals surface area contributed by atoms with Gasteiger partial charge in [0.2, 0.25) is 0 Å². The number of ether oxygens (including phenoxy) is 1. The molecular weight excluding hydrogens is 274 g/mol. The molecular formula is C16H24ClNO2. The molecule has 1 aromatic carbocycles. The summed E-state index contributed by atoms with van der Waals surface area (Å²) in [6.45, 7) is 0.960. The molecule has 1 aliphatic rings. The summed E-state index contributed by atoms with van der Waals surface area (Å²) in [5.41, 5.74) is 2.99. The van der Waals surface area contributed by atoms with Crippen molar-refractivity contribution in [3.63, 3.8) is 0 Å². The number of likely N-dealkylation sites (N-methyl/N-ethyl adjacent to an activating group) is 1. The van der Waals surface area contributed by atoms with E-state index in [9.17, 15) is 4.79 Å². The molecule has 1 atom stereocenters. The quantitative estimate of drug-likeness (QED) is 0.783. The molecule has 4 heteroatoms. The van der Waals surface area contributed by atoms with E-state index in [0.29, 0.717) is 12.5 Å². The number of fused-ring (bicyclic) bond motifs is 1. The predicted octanol–water partition coefficient (Wildman–Crippen LogP) is 2.85. The number of hydrogen-bond donors (Lipinski definition) is 0. The van der Waals surface area contributed by atoms with Crippen molar-refractivity contribution in [2.45, 2.75) is 38.1 Å². The molecule has 112 valence electrons. The molecule has 0 radical (unpaired) electrons. The highest BCUT2D eigenvalue weighted by Gasteiger charge is 2.21. The summed E-state index contributed by atoms with van der Waals surface area (Å²) in [5.74, 6) is -0.109. The van der Waals surface area contributed by atoms with E-state index in [2.05, 4.69) is 40.9 Å². The Balaban J connectivity index is 0.00000200. The Morgan fingerprint density at radius 1 is 1.35 bits per heavy atom. The van der Waals surface area contributed by atoms with Gasteiger partial charge in [0.05, 0.1) is 7.11 Å². The SMILES string of the molecule is COC(=O)CCCN(C)C1CCc2ccccc2C1.Cl. The Labute approximate surface area is 127 Å². The Kier molecular flexibility index (Phi) is 7.03. The van der Waals surface area contributed by atoms with Crippen LogP contribution in [0.15, 0.2) is 24.3 Å². The standard InChI is InChI=1S/C16H23NO2.ClH/c1-17(11-5-8-16(18)19-2)15-10-9-13-6-3-4-7-14(13)12-15;/h3-4,6-7,15H,5,8-12H2,1-2H3;1H. The molecule has 0 aromatic heterocycles. The van der Waals surface area contributed by atoms with Gasteiger partial charge in [0.1, 0.15) is 0 Å². The Hall–Kier alpha value is -1.06. The van der Waals surface area contributed by atoms with Gasteiger partial charge in [-0.05, 0) is 50.4 Å². The van der Waals surface area contributed by atoms with Crippen LogP contribution in [-0.4, -0.2) is 37.6 Å². The average molecular weight is 298 g/mol. The van der Waals surface area contributed by atoms with Gasteiger partial charge in [0.25, 0.3) is 0 Å². The molecule has 0 heterocycles. The summed E-state index contributed by atoms with van der Waals surface area (Å²) in [6.07, 6.45) is 4.91. The van der Waals surface area contributed by atoms with E-state index in [-0.39, 0.29) is 18.4 Å². The first kappa shape index (κ1) is 17.0. The van der Waals surface area contributed by atoms with Gasteiger partial charge in [-0.15, -0.1) is 12.4 Å². The minimum Gasteiger partial charge on any atom is -0.469 e. The summed E-state index contributed by atoms with van der Waals surface area (Å²) in [7, 11) is 3.61.